The molecular formula is C16H24N2OS. The molecule has 1 saturated heterocycles. The Labute approximate surface area is 126 Å². The molecule has 3 nitrogen and oxygen atoms in total. The summed E-state index contributed by atoms with van der Waals surface area (Å²) in [6.07, 6.45) is 1.88. The molecule has 0 radical (unpaired) electrons. The van der Waals surface area contributed by atoms with Gasteiger partial charge in [0.2, 0.25) is 0 Å². The summed E-state index contributed by atoms with van der Waals surface area (Å²) >= 11 is 1.78. The van der Waals surface area contributed by atoms with Crippen LogP contribution in [0.1, 0.15) is 23.3 Å². The number of nitrogens with zero attached hydrogens (tertiary/aromatic N) is 2. The van der Waals surface area contributed by atoms with Crippen molar-refractivity contribution in [1.29, 1.82) is 0 Å². The molecule has 1 aliphatic rings. The van der Waals surface area contributed by atoms with Crippen molar-refractivity contribution in [3.63, 3.8) is 0 Å². The molecular weight excluding hydrogens is 268 g/mol. The van der Waals surface area contributed by atoms with Gasteiger partial charge in [0.25, 0.3) is 0 Å². The Hall–Kier alpha value is -0.860. The molecule has 2 rings (SSSR count). The Morgan fingerprint density at radius 2 is 2.40 bits per heavy atom. The maximum absolute atomic E-state index is 8.71. The van der Waals surface area contributed by atoms with Crippen LogP contribution < -0.4 is 0 Å². The normalized spacial score (nSPS) is 19.3. The fourth-order valence-corrected chi connectivity index (χ4v) is 3.59. The van der Waals surface area contributed by atoms with E-state index in [0.29, 0.717) is 6.42 Å². The summed E-state index contributed by atoms with van der Waals surface area (Å²) in [5.74, 6) is 6.88. The summed E-state index contributed by atoms with van der Waals surface area (Å²) in [6, 6.07) is 2.17. The van der Waals surface area contributed by atoms with E-state index in [1.165, 1.54) is 30.9 Å². The second kappa shape index (κ2) is 7.80. The highest BCUT2D eigenvalue weighted by molar-refractivity contribution is 7.10. The summed E-state index contributed by atoms with van der Waals surface area (Å²) in [5, 5.41) is 10.8. The van der Waals surface area contributed by atoms with E-state index in [9.17, 15) is 0 Å². The lowest BCUT2D eigenvalue weighted by molar-refractivity contribution is 0.269. The molecule has 1 aromatic heterocycles. The van der Waals surface area contributed by atoms with Crippen molar-refractivity contribution in [2.24, 2.45) is 5.92 Å². The maximum Gasteiger partial charge on any atom is 0.0540 e. The van der Waals surface area contributed by atoms with Crippen molar-refractivity contribution < 1.29 is 5.11 Å². The molecule has 1 aliphatic heterocycles. The van der Waals surface area contributed by atoms with E-state index in [1.54, 1.807) is 11.3 Å². The SMILES string of the molecule is CN1CCC(CN(C)Cc2cc(C#CCCO)cs2)C1. The topological polar surface area (TPSA) is 26.7 Å². The minimum absolute atomic E-state index is 0.141. The molecule has 0 saturated carbocycles. The van der Waals surface area contributed by atoms with Gasteiger partial charge >= 0.3 is 0 Å². The van der Waals surface area contributed by atoms with Crippen LogP contribution in [0.5, 0.6) is 0 Å². The molecule has 1 atom stereocenters. The van der Waals surface area contributed by atoms with Crippen molar-refractivity contribution in [2.45, 2.75) is 19.4 Å². The smallest absolute Gasteiger partial charge is 0.0540 e. The monoisotopic (exact) mass is 292 g/mol. The van der Waals surface area contributed by atoms with Crippen LogP contribution in [-0.4, -0.2) is 55.2 Å². The first kappa shape index (κ1) is 15.5. The van der Waals surface area contributed by atoms with Crippen LogP contribution in [0.25, 0.3) is 0 Å². The Balaban J connectivity index is 1.79. The molecule has 0 aliphatic carbocycles. The first-order valence-corrected chi connectivity index (χ1v) is 8.09. The van der Waals surface area contributed by atoms with E-state index in [4.69, 9.17) is 5.11 Å². The average molecular weight is 292 g/mol. The lowest BCUT2D eigenvalue weighted by Gasteiger charge is -2.20. The molecule has 2 heterocycles. The van der Waals surface area contributed by atoms with Gasteiger partial charge < -0.3 is 14.9 Å². The molecule has 4 heteroatoms. The number of likely N-dealkylation sites (tertiary alicyclic amines) is 1. The Kier molecular flexibility index (Phi) is 6.06. The molecule has 1 fully saturated rings. The fourth-order valence-electron chi connectivity index (χ4n) is 2.70. The lowest BCUT2D eigenvalue weighted by Crippen LogP contribution is -2.26. The van der Waals surface area contributed by atoms with Gasteiger partial charge in [-0.2, -0.15) is 0 Å². The van der Waals surface area contributed by atoms with E-state index < -0.39 is 0 Å². The summed E-state index contributed by atoms with van der Waals surface area (Å²) in [5.41, 5.74) is 1.08. The third-order valence-corrected chi connectivity index (χ3v) is 4.53. The number of aliphatic hydroxyl groups is 1. The first-order valence-electron chi connectivity index (χ1n) is 7.21. The number of hydrogen-bond acceptors (Lipinski definition) is 4. The Bertz CT molecular complexity index is 474. The highest BCUT2D eigenvalue weighted by Gasteiger charge is 2.20. The molecule has 1 N–H and O–H groups in total. The first-order chi connectivity index (χ1) is 9.67. The summed E-state index contributed by atoms with van der Waals surface area (Å²) in [6.45, 7) is 4.79. The Morgan fingerprint density at radius 3 is 3.10 bits per heavy atom. The van der Waals surface area contributed by atoms with Crippen LogP contribution in [0.15, 0.2) is 11.4 Å². The molecule has 1 aromatic rings. The number of hydrogen-bond donors (Lipinski definition) is 1. The predicted octanol–water partition coefficient (Wildman–Crippen LogP) is 1.87. The standard InChI is InChI=1S/C16H24N2OS/c1-17-7-6-15(10-17)11-18(2)12-16-9-14(13-20-16)5-3-4-8-19/h9,13,15,19H,4,6-8,10-12H2,1-2H3. The second-order valence-corrected chi connectivity index (χ2v) is 6.69. The summed E-state index contributed by atoms with van der Waals surface area (Å²) in [4.78, 5) is 6.20. The third-order valence-electron chi connectivity index (χ3n) is 3.61. The number of rotatable bonds is 5. The zero-order chi connectivity index (χ0) is 14.4. The fraction of sp³-hybridized carbons (Fsp3) is 0.625. The van der Waals surface area contributed by atoms with E-state index in [0.717, 1.165) is 18.0 Å². The van der Waals surface area contributed by atoms with E-state index >= 15 is 0 Å². The maximum atomic E-state index is 8.71. The van der Waals surface area contributed by atoms with Gasteiger partial charge in [-0.05, 0) is 39.0 Å². The van der Waals surface area contributed by atoms with Gasteiger partial charge in [0.05, 0.1) is 6.61 Å². The summed E-state index contributed by atoms with van der Waals surface area (Å²) < 4.78 is 0. The van der Waals surface area contributed by atoms with Crippen LogP contribution >= 0.6 is 11.3 Å². The van der Waals surface area contributed by atoms with Crippen molar-refractivity contribution >= 4 is 11.3 Å². The van der Waals surface area contributed by atoms with E-state index in [-0.39, 0.29) is 6.61 Å². The van der Waals surface area contributed by atoms with Gasteiger partial charge in [0.1, 0.15) is 0 Å². The average Bonchev–Trinajstić information content (AvgIpc) is 2.99. The third kappa shape index (κ3) is 4.92. The minimum Gasteiger partial charge on any atom is -0.395 e. The van der Waals surface area contributed by atoms with Crippen molar-refractivity contribution in [3.8, 4) is 11.8 Å². The van der Waals surface area contributed by atoms with Gasteiger partial charge in [0, 0.05) is 41.9 Å². The van der Waals surface area contributed by atoms with Crippen molar-refractivity contribution in [2.75, 3.05) is 40.3 Å². The molecule has 0 bridgehead atoms. The lowest BCUT2D eigenvalue weighted by atomic mass is 10.1. The molecule has 110 valence electrons. The van der Waals surface area contributed by atoms with Gasteiger partial charge in [-0.25, -0.2) is 0 Å². The van der Waals surface area contributed by atoms with Crippen LogP contribution in [0, 0.1) is 17.8 Å². The van der Waals surface area contributed by atoms with Gasteiger partial charge in [-0.1, -0.05) is 11.8 Å². The molecule has 1 unspecified atom stereocenters. The molecule has 0 aromatic carbocycles. The van der Waals surface area contributed by atoms with E-state index in [2.05, 4.69) is 47.2 Å². The Morgan fingerprint density at radius 1 is 1.55 bits per heavy atom. The van der Waals surface area contributed by atoms with Crippen molar-refractivity contribution in [1.82, 2.24) is 9.80 Å². The highest BCUT2D eigenvalue weighted by atomic mass is 32.1. The minimum atomic E-state index is 0.141. The second-order valence-electron chi connectivity index (χ2n) is 5.69. The van der Waals surface area contributed by atoms with Crippen LogP contribution in [0.4, 0.5) is 0 Å². The highest BCUT2D eigenvalue weighted by Crippen LogP contribution is 2.19. The van der Waals surface area contributed by atoms with Crippen LogP contribution in [0.3, 0.4) is 0 Å². The van der Waals surface area contributed by atoms with Crippen LogP contribution in [0.2, 0.25) is 0 Å². The molecule has 0 amide bonds. The number of thiophene rings is 1. The van der Waals surface area contributed by atoms with Gasteiger partial charge in [-0.15, -0.1) is 11.3 Å². The van der Waals surface area contributed by atoms with E-state index in [1.807, 2.05) is 0 Å². The van der Waals surface area contributed by atoms with Gasteiger partial charge in [-0.3, -0.25) is 0 Å². The van der Waals surface area contributed by atoms with Crippen LogP contribution in [-0.2, 0) is 6.54 Å². The summed E-state index contributed by atoms with van der Waals surface area (Å²) in [7, 11) is 4.41. The zero-order valence-electron chi connectivity index (χ0n) is 12.4. The van der Waals surface area contributed by atoms with Gasteiger partial charge in [0.15, 0.2) is 0 Å². The molecule has 0 spiro atoms. The number of aliphatic hydroxyl groups excluding tert-OH is 1. The zero-order valence-corrected chi connectivity index (χ0v) is 13.2. The van der Waals surface area contributed by atoms with Crippen molar-refractivity contribution in [3.05, 3.63) is 21.9 Å². The predicted molar refractivity (Wildman–Crippen MR) is 84.8 cm³/mol. The quantitative estimate of drug-likeness (QED) is 0.839. The molecule has 20 heavy (non-hydrogen) atoms. The largest absolute Gasteiger partial charge is 0.395 e.